The zero-order valence-corrected chi connectivity index (χ0v) is 8.89. The van der Waals surface area contributed by atoms with E-state index in [1.54, 1.807) is 0 Å². The summed E-state index contributed by atoms with van der Waals surface area (Å²) in [5.74, 6) is -0.549. The molecule has 0 saturated heterocycles. The van der Waals surface area contributed by atoms with Gasteiger partial charge < -0.3 is 9.84 Å². The van der Waals surface area contributed by atoms with E-state index >= 15 is 0 Å². The molecule has 0 fully saturated rings. The Morgan fingerprint density at radius 1 is 1.43 bits per heavy atom. The predicted molar refractivity (Wildman–Crippen MR) is 53.7 cm³/mol. The average Bonchev–Trinajstić information content (AvgIpc) is 2.20. The molecule has 0 spiro atoms. The van der Waals surface area contributed by atoms with Crippen molar-refractivity contribution in [2.45, 2.75) is 6.61 Å². The van der Waals surface area contributed by atoms with Crippen molar-refractivity contribution in [3.63, 3.8) is 0 Å². The van der Waals surface area contributed by atoms with Crippen LogP contribution in [0.2, 0.25) is 10.0 Å². The summed E-state index contributed by atoms with van der Waals surface area (Å²) in [5.41, 5.74) is 0.621. The molecule has 0 aliphatic rings. The van der Waals surface area contributed by atoms with Gasteiger partial charge in [0.1, 0.15) is 0 Å². The molecule has 0 bridgehead atoms. The van der Waals surface area contributed by atoms with Crippen molar-refractivity contribution in [3.05, 3.63) is 33.3 Å². The van der Waals surface area contributed by atoms with E-state index in [-0.39, 0.29) is 17.2 Å². The van der Waals surface area contributed by atoms with Crippen molar-refractivity contribution in [2.75, 3.05) is 7.11 Å². The number of esters is 1. The number of hydrogen-bond acceptors (Lipinski definition) is 3. The van der Waals surface area contributed by atoms with Crippen LogP contribution in [0.5, 0.6) is 0 Å². The number of hydrogen-bond donors (Lipinski definition) is 1. The first-order valence-corrected chi connectivity index (χ1v) is 4.52. The molecule has 0 unspecified atom stereocenters. The van der Waals surface area contributed by atoms with Crippen molar-refractivity contribution in [1.29, 1.82) is 0 Å². The van der Waals surface area contributed by atoms with Crippen molar-refractivity contribution < 1.29 is 14.6 Å². The Bertz CT molecular complexity index is 363. The highest BCUT2D eigenvalue weighted by molar-refractivity contribution is 6.42. The molecule has 0 heterocycles. The van der Waals surface area contributed by atoms with Crippen LogP contribution in [0, 0.1) is 0 Å². The molecule has 1 aromatic carbocycles. The largest absolute Gasteiger partial charge is 0.465 e. The summed E-state index contributed by atoms with van der Waals surface area (Å²) < 4.78 is 4.52. The molecular formula is C9H8Cl2O3. The number of methoxy groups -OCH3 is 1. The number of rotatable bonds is 2. The highest BCUT2D eigenvalue weighted by Crippen LogP contribution is 2.26. The molecule has 0 aliphatic heterocycles. The number of benzene rings is 1. The fourth-order valence-corrected chi connectivity index (χ4v) is 1.37. The Kier molecular flexibility index (Phi) is 3.75. The normalized spacial score (nSPS) is 10.0. The van der Waals surface area contributed by atoms with E-state index < -0.39 is 5.97 Å². The number of aliphatic hydroxyl groups is 1. The Morgan fingerprint density at radius 2 is 2.00 bits per heavy atom. The second-order valence-corrected chi connectivity index (χ2v) is 3.39. The van der Waals surface area contributed by atoms with Gasteiger partial charge in [0.2, 0.25) is 0 Å². The number of halogens is 2. The monoisotopic (exact) mass is 234 g/mol. The fourth-order valence-electron chi connectivity index (χ4n) is 1.02. The van der Waals surface area contributed by atoms with Gasteiger partial charge in [-0.05, 0) is 17.7 Å². The van der Waals surface area contributed by atoms with Crippen LogP contribution in [-0.4, -0.2) is 18.2 Å². The van der Waals surface area contributed by atoms with Crippen molar-refractivity contribution in [3.8, 4) is 0 Å². The molecule has 76 valence electrons. The van der Waals surface area contributed by atoms with Crippen molar-refractivity contribution in [2.24, 2.45) is 0 Å². The van der Waals surface area contributed by atoms with E-state index in [1.807, 2.05) is 0 Å². The molecule has 14 heavy (non-hydrogen) atoms. The SMILES string of the molecule is COC(=O)c1cc(Cl)c(Cl)cc1CO. The van der Waals surface area contributed by atoms with E-state index in [1.165, 1.54) is 19.2 Å². The number of carbonyl (C=O) groups excluding carboxylic acids is 1. The lowest BCUT2D eigenvalue weighted by atomic mass is 10.1. The summed E-state index contributed by atoms with van der Waals surface area (Å²) in [5, 5.41) is 9.52. The van der Waals surface area contributed by atoms with Gasteiger partial charge in [0.05, 0.1) is 29.3 Å². The minimum Gasteiger partial charge on any atom is -0.465 e. The molecule has 5 heteroatoms. The van der Waals surface area contributed by atoms with Crippen LogP contribution >= 0.6 is 23.2 Å². The van der Waals surface area contributed by atoms with Crippen molar-refractivity contribution in [1.82, 2.24) is 0 Å². The summed E-state index contributed by atoms with van der Waals surface area (Å²) >= 11 is 11.4. The molecule has 3 nitrogen and oxygen atoms in total. The van der Waals surface area contributed by atoms with Crippen LogP contribution in [0.15, 0.2) is 12.1 Å². The molecule has 1 rings (SSSR count). The zero-order chi connectivity index (χ0) is 10.7. The van der Waals surface area contributed by atoms with Gasteiger partial charge in [-0.25, -0.2) is 4.79 Å². The lowest BCUT2D eigenvalue weighted by molar-refractivity contribution is 0.0597. The van der Waals surface area contributed by atoms with Crippen LogP contribution < -0.4 is 0 Å². The highest BCUT2D eigenvalue weighted by atomic mass is 35.5. The number of ether oxygens (including phenoxy) is 1. The number of carbonyl (C=O) groups is 1. The van der Waals surface area contributed by atoms with Gasteiger partial charge in [-0.3, -0.25) is 0 Å². The minimum absolute atomic E-state index is 0.226. The van der Waals surface area contributed by atoms with E-state index in [0.717, 1.165) is 0 Å². The summed E-state index contributed by atoms with van der Waals surface area (Å²) in [6, 6.07) is 2.82. The fraction of sp³-hybridized carbons (Fsp3) is 0.222. The van der Waals surface area contributed by atoms with E-state index in [9.17, 15) is 4.79 Å². The summed E-state index contributed by atoms with van der Waals surface area (Å²) in [6.07, 6.45) is 0. The first-order valence-electron chi connectivity index (χ1n) is 3.77. The van der Waals surface area contributed by atoms with E-state index in [0.29, 0.717) is 10.6 Å². The predicted octanol–water partition coefficient (Wildman–Crippen LogP) is 2.27. The Labute approximate surface area is 91.2 Å². The molecule has 0 amide bonds. The number of aliphatic hydroxyl groups excluding tert-OH is 1. The van der Waals surface area contributed by atoms with Crippen molar-refractivity contribution >= 4 is 29.2 Å². The van der Waals surface area contributed by atoms with E-state index in [2.05, 4.69) is 4.74 Å². The van der Waals surface area contributed by atoms with Gasteiger partial charge in [0.25, 0.3) is 0 Å². The Morgan fingerprint density at radius 3 is 2.50 bits per heavy atom. The standard InChI is InChI=1S/C9H8Cl2O3/c1-14-9(13)6-3-8(11)7(10)2-5(6)4-12/h2-3,12H,4H2,1H3. The van der Waals surface area contributed by atoms with Crippen LogP contribution in [0.4, 0.5) is 0 Å². The molecule has 0 radical (unpaired) electrons. The van der Waals surface area contributed by atoms with Gasteiger partial charge in [-0.2, -0.15) is 0 Å². The van der Waals surface area contributed by atoms with Gasteiger partial charge in [-0.15, -0.1) is 0 Å². The summed E-state index contributed by atoms with van der Waals surface area (Å²) in [6.45, 7) is -0.290. The van der Waals surface area contributed by atoms with Gasteiger partial charge in [-0.1, -0.05) is 23.2 Å². The lowest BCUT2D eigenvalue weighted by Crippen LogP contribution is -2.05. The van der Waals surface area contributed by atoms with Crippen LogP contribution in [0.3, 0.4) is 0 Å². The average molecular weight is 235 g/mol. The third kappa shape index (κ3) is 2.18. The smallest absolute Gasteiger partial charge is 0.338 e. The molecule has 0 aliphatic carbocycles. The van der Waals surface area contributed by atoms with Gasteiger partial charge in [0, 0.05) is 0 Å². The van der Waals surface area contributed by atoms with Gasteiger partial charge in [0.15, 0.2) is 0 Å². The molecule has 0 aromatic heterocycles. The molecule has 1 N–H and O–H groups in total. The summed E-state index contributed by atoms with van der Waals surface area (Å²) in [7, 11) is 1.26. The topological polar surface area (TPSA) is 46.5 Å². The molecular weight excluding hydrogens is 227 g/mol. The maximum absolute atomic E-state index is 11.2. The Hall–Kier alpha value is -0.770. The first kappa shape index (κ1) is 11.3. The second-order valence-electron chi connectivity index (χ2n) is 2.57. The molecule has 1 aromatic rings. The highest BCUT2D eigenvalue weighted by Gasteiger charge is 2.13. The zero-order valence-electron chi connectivity index (χ0n) is 7.38. The van der Waals surface area contributed by atoms with Crippen LogP contribution in [0.25, 0.3) is 0 Å². The molecule has 0 atom stereocenters. The third-order valence-corrected chi connectivity index (χ3v) is 2.44. The Balaban J connectivity index is 3.27. The van der Waals surface area contributed by atoms with Gasteiger partial charge >= 0.3 is 5.97 Å². The van der Waals surface area contributed by atoms with Crippen LogP contribution in [-0.2, 0) is 11.3 Å². The summed E-state index contributed by atoms with van der Waals surface area (Å²) in [4.78, 5) is 11.2. The molecule has 0 saturated carbocycles. The lowest BCUT2D eigenvalue weighted by Gasteiger charge is -2.06. The third-order valence-electron chi connectivity index (χ3n) is 1.72. The van der Waals surface area contributed by atoms with E-state index in [4.69, 9.17) is 28.3 Å². The quantitative estimate of drug-likeness (QED) is 0.799. The maximum atomic E-state index is 11.2. The first-order chi connectivity index (χ1) is 6.60. The second kappa shape index (κ2) is 4.64. The maximum Gasteiger partial charge on any atom is 0.338 e. The minimum atomic E-state index is -0.549. The van der Waals surface area contributed by atoms with Crippen LogP contribution in [0.1, 0.15) is 15.9 Å².